The van der Waals surface area contributed by atoms with Crippen molar-refractivity contribution in [3.8, 4) is 0 Å². The number of carbonyl (C=O) groups excluding carboxylic acids is 1. The SMILES string of the molecule is CC1CCC(C(C)C)N(Cc2ccc(C(N)=O)cc2)CC1. The van der Waals surface area contributed by atoms with Crippen LogP contribution in [0, 0.1) is 11.8 Å². The summed E-state index contributed by atoms with van der Waals surface area (Å²) in [5.41, 5.74) is 7.15. The van der Waals surface area contributed by atoms with Crippen molar-refractivity contribution in [3.05, 3.63) is 35.4 Å². The Bertz CT molecular complexity index is 467. The molecule has 0 spiro atoms. The van der Waals surface area contributed by atoms with Crippen LogP contribution in [0.25, 0.3) is 0 Å². The quantitative estimate of drug-likeness (QED) is 0.922. The van der Waals surface area contributed by atoms with Crippen molar-refractivity contribution in [2.24, 2.45) is 17.6 Å². The van der Waals surface area contributed by atoms with Crippen LogP contribution in [0.3, 0.4) is 0 Å². The Kier molecular flexibility index (Phi) is 5.40. The van der Waals surface area contributed by atoms with Gasteiger partial charge >= 0.3 is 0 Å². The second-order valence-corrected chi connectivity index (χ2v) is 6.81. The predicted molar refractivity (Wildman–Crippen MR) is 87.0 cm³/mol. The standard InChI is InChI=1S/C18H28N2O/c1-13(2)17-9-4-14(3)10-11-20(17)12-15-5-7-16(8-6-15)18(19)21/h5-8,13-14,17H,4,9-12H2,1-3H3,(H2,19,21). The van der Waals surface area contributed by atoms with Crippen LogP contribution in [-0.4, -0.2) is 23.4 Å². The maximum Gasteiger partial charge on any atom is 0.248 e. The number of hydrogen-bond acceptors (Lipinski definition) is 2. The minimum Gasteiger partial charge on any atom is -0.366 e. The molecule has 1 saturated heterocycles. The van der Waals surface area contributed by atoms with Crippen molar-refractivity contribution in [1.29, 1.82) is 0 Å². The van der Waals surface area contributed by atoms with Crippen LogP contribution in [-0.2, 0) is 6.54 Å². The Hall–Kier alpha value is -1.35. The molecule has 0 radical (unpaired) electrons. The molecule has 0 bridgehead atoms. The Morgan fingerprint density at radius 3 is 2.48 bits per heavy atom. The van der Waals surface area contributed by atoms with Gasteiger partial charge in [0.25, 0.3) is 0 Å². The van der Waals surface area contributed by atoms with Crippen LogP contribution in [0.4, 0.5) is 0 Å². The van der Waals surface area contributed by atoms with Crippen LogP contribution >= 0.6 is 0 Å². The van der Waals surface area contributed by atoms with E-state index < -0.39 is 0 Å². The lowest BCUT2D eigenvalue weighted by molar-refractivity contribution is 0.1000. The van der Waals surface area contributed by atoms with Gasteiger partial charge in [-0.05, 0) is 55.3 Å². The van der Waals surface area contributed by atoms with Crippen molar-refractivity contribution in [2.75, 3.05) is 6.54 Å². The van der Waals surface area contributed by atoms with Crippen LogP contribution in [0.2, 0.25) is 0 Å². The molecule has 0 aromatic heterocycles. The molecule has 0 saturated carbocycles. The van der Waals surface area contributed by atoms with E-state index in [0.717, 1.165) is 12.5 Å². The molecule has 1 aromatic rings. The number of nitrogens with two attached hydrogens (primary N) is 1. The molecule has 2 atom stereocenters. The number of carbonyl (C=O) groups is 1. The van der Waals surface area contributed by atoms with Gasteiger partial charge < -0.3 is 5.73 Å². The molecule has 21 heavy (non-hydrogen) atoms. The summed E-state index contributed by atoms with van der Waals surface area (Å²) in [4.78, 5) is 13.8. The minimum atomic E-state index is -0.356. The van der Waals surface area contributed by atoms with Gasteiger partial charge in [-0.15, -0.1) is 0 Å². The highest BCUT2D eigenvalue weighted by Gasteiger charge is 2.25. The summed E-state index contributed by atoms with van der Waals surface area (Å²) in [6.45, 7) is 9.15. The molecular formula is C18H28N2O. The molecule has 2 unspecified atom stereocenters. The lowest BCUT2D eigenvalue weighted by Gasteiger charge is -2.33. The highest BCUT2D eigenvalue weighted by atomic mass is 16.1. The van der Waals surface area contributed by atoms with Gasteiger partial charge in [0.05, 0.1) is 0 Å². The topological polar surface area (TPSA) is 46.3 Å². The molecule has 1 aliphatic heterocycles. The normalized spacial score (nSPS) is 24.0. The molecule has 1 amide bonds. The summed E-state index contributed by atoms with van der Waals surface area (Å²) in [5.74, 6) is 1.15. The number of nitrogens with zero attached hydrogens (tertiary/aromatic N) is 1. The van der Waals surface area contributed by atoms with E-state index in [-0.39, 0.29) is 5.91 Å². The van der Waals surface area contributed by atoms with Gasteiger partial charge in [0.2, 0.25) is 5.91 Å². The number of benzene rings is 1. The maximum atomic E-state index is 11.1. The molecule has 2 rings (SSSR count). The van der Waals surface area contributed by atoms with Crippen LogP contribution < -0.4 is 5.73 Å². The highest BCUT2D eigenvalue weighted by Crippen LogP contribution is 2.27. The van der Waals surface area contributed by atoms with E-state index in [4.69, 9.17) is 5.73 Å². The number of primary amides is 1. The summed E-state index contributed by atoms with van der Waals surface area (Å²) < 4.78 is 0. The summed E-state index contributed by atoms with van der Waals surface area (Å²) in [5, 5.41) is 0. The van der Waals surface area contributed by atoms with Gasteiger partial charge in [-0.1, -0.05) is 32.9 Å². The first-order valence-corrected chi connectivity index (χ1v) is 8.10. The molecule has 3 heteroatoms. The Labute approximate surface area is 128 Å². The van der Waals surface area contributed by atoms with Gasteiger partial charge in [-0.25, -0.2) is 0 Å². The zero-order chi connectivity index (χ0) is 15.4. The summed E-state index contributed by atoms with van der Waals surface area (Å²) in [6, 6.07) is 8.40. The number of rotatable bonds is 4. The minimum absolute atomic E-state index is 0.356. The Balaban J connectivity index is 2.09. The van der Waals surface area contributed by atoms with Crippen LogP contribution in [0.1, 0.15) is 56.0 Å². The molecule has 0 aliphatic carbocycles. The van der Waals surface area contributed by atoms with Gasteiger partial charge in [0.1, 0.15) is 0 Å². The maximum absolute atomic E-state index is 11.1. The number of amides is 1. The second kappa shape index (κ2) is 7.08. The monoisotopic (exact) mass is 288 g/mol. The van der Waals surface area contributed by atoms with E-state index in [1.807, 2.05) is 24.3 Å². The lowest BCUT2D eigenvalue weighted by atomic mass is 9.95. The van der Waals surface area contributed by atoms with E-state index in [0.29, 0.717) is 17.5 Å². The molecule has 2 N–H and O–H groups in total. The third kappa shape index (κ3) is 4.31. The van der Waals surface area contributed by atoms with Crippen molar-refractivity contribution >= 4 is 5.91 Å². The molecule has 1 heterocycles. The van der Waals surface area contributed by atoms with Gasteiger partial charge in [0, 0.05) is 18.2 Å². The van der Waals surface area contributed by atoms with Crippen molar-refractivity contribution in [1.82, 2.24) is 4.90 Å². The van der Waals surface area contributed by atoms with Gasteiger partial charge in [-0.3, -0.25) is 9.69 Å². The fourth-order valence-electron chi connectivity index (χ4n) is 3.29. The summed E-state index contributed by atoms with van der Waals surface area (Å²) in [6.07, 6.45) is 3.90. The first-order valence-electron chi connectivity index (χ1n) is 8.10. The van der Waals surface area contributed by atoms with Crippen molar-refractivity contribution in [2.45, 2.75) is 52.6 Å². The fourth-order valence-corrected chi connectivity index (χ4v) is 3.29. The number of hydrogen-bond donors (Lipinski definition) is 1. The highest BCUT2D eigenvalue weighted by molar-refractivity contribution is 5.92. The van der Waals surface area contributed by atoms with E-state index >= 15 is 0 Å². The third-order valence-corrected chi connectivity index (χ3v) is 4.73. The van der Waals surface area contributed by atoms with Crippen molar-refractivity contribution in [3.63, 3.8) is 0 Å². The van der Waals surface area contributed by atoms with Gasteiger partial charge in [-0.2, -0.15) is 0 Å². The van der Waals surface area contributed by atoms with E-state index in [1.54, 1.807) is 0 Å². The second-order valence-electron chi connectivity index (χ2n) is 6.81. The predicted octanol–water partition coefficient (Wildman–Crippen LogP) is 3.43. The van der Waals surface area contributed by atoms with Gasteiger partial charge in [0.15, 0.2) is 0 Å². The molecule has 1 aliphatic rings. The molecule has 1 fully saturated rings. The smallest absolute Gasteiger partial charge is 0.248 e. The fraction of sp³-hybridized carbons (Fsp3) is 0.611. The van der Waals surface area contributed by atoms with E-state index in [2.05, 4.69) is 25.7 Å². The summed E-state index contributed by atoms with van der Waals surface area (Å²) >= 11 is 0. The average Bonchev–Trinajstić information content (AvgIpc) is 2.62. The molecular weight excluding hydrogens is 260 g/mol. The zero-order valence-corrected chi connectivity index (χ0v) is 13.5. The first kappa shape index (κ1) is 16.0. The first-order chi connectivity index (χ1) is 9.97. The third-order valence-electron chi connectivity index (χ3n) is 4.73. The van der Waals surface area contributed by atoms with E-state index in [1.165, 1.54) is 31.4 Å². The van der Waals surface area contributed by atoms with Crippen LogP contribution in [0.15, 0.2) is 24.3 Å². The largest absolute Gasteiger partial charge is 0.366 e. The lowest BCUT2D eigenvalue weighted by Crippen LogP contribution is -2.38. The van der Waals surface area contributed by atoms with E-state index in [9.17, 15) is 4.79 Å². The molecule has 116 valence electrons. The zero-order valence-electron chi connectivity index (χ0n) is 13.5. The Morgan fingerprint density at radius 2 is 1.90 bits per heavy atom. The summed E-state index contributed by atoms with van der Waals surface area (Å²) in [7, 11) is 0. The molecule has 3 nitrogen and oxygen atoms in total. The number of likely N-dealkylation sites (tertiary alicyclic amines) is 1. The molecule has 1 aromatic carbocycles. The average molecular weight is 288 g/mol. The van der Waals surface area contributed by atoms with Crippen LogP contribution in [0.5, 0.6) is 0 Å². The van der Waals surface area contributed by atoms with Crippen molar-refractivity contribution < 1.29 is 4.79 Å². The Morgan fingerprint density at radius 1 is 1.24 bits per heavy atom.